The van der Waals surface area contributed by atoms with Gasteiger partial charge in [0, 0.05) is 31.9 Å². The van der Waals surface area contributed by atoms with Gasteiger partial charge >= 0.3 is 0 Å². The van der Waals surface area contributed by atoms with Crippen molar-refractivity contribution in [2.45, 2.75) is 38.7 Å². The number of hydrogen-bond acceptors (Lipinski definition) is 4. The Labute approximate surface area is 168 Å². The smallest absolute Gasteiger partial charge is 0.218 e. The molecule has 0 bridgehead atoms. The van der Waals surface area contributed by atoms with Gasteiger partial charge in [-0.15, -0.1) is 0 Å². The first-order valence-corrected chi connectivity index (χ1v) is 11.5. The van der Waals surface area contributed by atoms with Gasteiger partial charge in [-0.05, 0) is 35.6 Å². The fourth-order valence-electron chi connectivity index (χ4n) is 3.55. The van der Waals surface area contributed by atoms with Gasteiger partial charge in [0.25, 0.3) is 0 Å². The second kappa shape index (κ2) is 9.07. The average molecular weight is 403 g/mol. The molecule has 3 rings (SSSR count). The Morgan fingerprint density at radius 2 is 1.75 bits per heavy atom. The molecule has 0 radical (unpaired) electrons. The van der Waals surface area contributed by atoms with Crippen LogP contribution in [0.4, 0.5) is 5.69 Å². The minimum Gasteiger partial charge on any atom is -0.391 e. The second-order valence-electron chi connectivity index (χ2n) is 7.98. The highest BCUT2D eigenvalue weighted by molar-refractivity contribution is 7.88. The van der Waals surface area contributed by atoms with Crippen LogP contribution in [0.1, 0.15) is 31.4 Å². The zero-order chi connectivity index (χ0) is 20.1. The van der Waals surface area contributed by atoms with Crippen molar-refractivity contribution in [3.8, 4) is 0 Å². The van der Waals surface area contributed by atoms with Crippen LogP contribution in [0, 0.1) is 5.92 Å². The average Bonchev–Trinajstić information content (AvgIpc) is 3.08. The van der Waals surface area contributed by atoms with Gasteiger partial charge in [-0.25, -0.2) is 8.42 Å². The zero-order valence-electron chi connectivity index (χ0n) is 16.7. The summed E-state index contributed by atoms with van der Waals surface area (Å²) in [5.74, 6) is 0.264. The molecule has 1 heterocycles. The summed E-state index contributed by atoms with van der Waals surface area (Å²) < 4.78 is 27.7. The highest BCUT2D eigenvalue weighted by Gasteiger charge is 2.24. The van der Waals surface area contributed by atoms with Crippen LogP contribution in [0.15, 0.2) is 54.6 Å². The number of anilines is 1. The van der Waals surface area contributed by atoms with Crippen LogP contribution < -0.4 is 4.90 Å². The van der Waals surface area contributed by atoms with Crippen molar-refractivity contribution in [1.29, 1.82) is 0 Å². The first-order valence-electron chi connectivity index (χ1n) is 9.87. The number of sulfonamides is 1. The van der Waals surface area contributed by atoms with Crippen molar-refractivity contribution in [1.82, 2.24) is 4.31 Å². The monoisotopic (exact) mass is 402 g/mol. The van der Waals surface area contributed by atoms with Gasteiger partial charge in [0.2, 0.25) is 10.0 Å². The molecule has 0 aliphatic carbocycles. The molecule has 0 saturated carbocycles. The van der Waals surface area contributed by atoms with Crippen LogP contribution >= 0.6 is 0 Å². The number of aliphatic hydroxyl groups excluding tert-OH is 1. The van der Waals surface area contributed by atoms with Gasteiger partial charge < -0.3 is 10.0 Å². The minimum atomic E-state index is -3.41. The van der Waals surface area contributed by atoms with Crippen LogP contribution in [0.5, 0.6) is 0 Å². The van der Waals surface area contributed by atoms with E-state index in [1.807, 2.05) is 68.4 Å². The molecule has 6 heteroatoms. The molecule has 28 heavy (non-hydrogen) atoms. The number of benzene rings is 2. The maximum Gasteiger partial charge on any atom is 0.218 e. The third kappa shape index (κ3) is 5.56. The van der Waals surface area contributed by atoms with E-state index in [9.17, 15) is 13.5 Å². The number of nitrogens with zero attached hydrogens (tertiary/aromatic N) is 2. The topological polar surface area (TPSA) is 60.9 Å². The molecule has 1 saturated heterocycles. The molecule has 5 nitrogen and oxygen atoms in total. The molecular weight excluding hydrogens is 372 g/mol. The van der Waals surface area contributed by atoms with E-state index in [1.54, 1.807) is 4.31 Å². The lowest BCUT2D eigenvalue weighted by Gasteiger charge is -2.25. The van der Waals surface area contributed by atoms with Gasteiger partial charge in [0.15, 0.2) is 0 Å². The number of hydrogen-bond donors (Lipinski definition) is 1. The van der Waals surface area contributed by atoms with E-state index >= 15 is 0 Å². The molecule has 0 spiro atoms. The Kier molecular flexibility index (Phi) is 6.75. The molecule has 1 N–H and O–H groups in total. The quantitative estimate of drug-likeness (QED) is 0.736. The van der Waals surface area contributed by atoms with Crippen molar-refractivity contribution < 1.29 is 13.5 Å². The molecule has 0 unspecified atom stereocenters. The Bertz CT molecular complexity index is 851. The minimum absolute atomic E-state index is 0.0182. The van der Waals surface area contributed by atoms with Crippen LogP contribution in [0.25, 0.3) is 0 Å². The van der Waals surface area contributed by atoms with E-state index in [-0.39, 0.29) is 17.8 Å². The summed E-state index contributed by atoms with van der Waals surface area (Å²) in [5, 5.41) is 9.71. The summed E-state index contributed by atoms with van der Waals surface area (Å²) in [4.78, 5) is 2.16. The normalized spacial score (nSPS) is 17.6. The molecule has 2 aromatic carbocycles. The summed E-state index contributed by atoms with van der Waals surface area (Å²) in [6.07, 6.45) is 0.533. The molecule has 1 fully saturated rings. The first kappa shape index (κ1) is 20.8. The van der Waals surface area contributed by atoms with Crippen molar-refractivity contribution in [3.63, 3.8) is 0 Å². The summed E-state index contributed by atoms with van der Waals surface area (Å²) in [7, 11) is -3.41. The maximum atomic E-state index is 13.0. The zero-order valence-corrected chi connectivity index (χ0v) is 17.5. The third-order valence-corrected chi connectivity index (χ3v) is 6.74. The largest absolute Gasteiger partial charge is 0.391 e. The molecule has 1 aliphatic heterocycles. The number of aliphatic hydroxyl groups is 1. The highest BCUT2D eigenvalue weighted by Crippen LogP contribution is 2.22. The SMILES string of the molecule is CC(C)CN(Cc1ccc(N2CC[C@@H](O)C2)cc1)S(=O)(=O)Cc1ccccc1. The molecular formula is C22H30N2O3S. The van der Waals surface area contributed by atoms with Gasteiger partial charge in [-0.2, -0.15) is 4.31 Å². The Morgan fingerprint density at radius 1 is 1.07 bits per heavy atom. The second-order valence-corrected chi connectivity index (χ2v) is 9.95. The van der Waals surface area contributed by atoms with E-state index in [0.29, 0.717) is 19.6 Å². The Morgan fingerprint density at radius 3 is 2.32 bits per heavy atom. The summed E-state index contributed by atoms with van der Waals surface area (Å²) >= 11 is 0. The van der Waals surface area contributed by atoms with Crippen molar-refractivity contribution in [2.75, 3.05) is 24.5 Å². The van der Waals surface area contributed by atoms with Crippen LogP contribution in [0.3, 0.4) is 0 Å². The predicted molar refractivity (Wildman–Crippen MR) is 114 cm³/mol. The lowest BCUT2D eigenvalue weighted by atomic mass is 10.1. The summed E-state index contributed by atoms with van der Waals surface area (Å²) in [6.45, 7) is 6.45. The van der Waals surface area contributed by atoms with Gasteiger partial charge in [0.05, 0.1) is 11.9 Å². The Balaban J connectivity index is 1.73. The lowest BCUT2D eigenvalue weighted by molar-refractivity contribution is 0.198. The van der Waals surface area contributed by atoms with E-state index in [4.69, 9.17) is 0 Å². The number of β-amino-alcohol motifs (C(OH)–C–C–N with tert-alkyl or cyclic N) is 1. The fourth-order valence-corrected chi connectivity index (χ4v) is 5.22. The highest BCUT2D eigenvalue weighted by atomic mass is 32.2. The van der Waals surface area contributed by atoms with Crippen LogP contribution in [-0.4, -0.2) is 43.6 Å². The first-order chi connectivity index (χ1) is 13.3. The van der Waals surface area contributed by atoms with Crippen LogP contribution in [-0.2, 0) is 22.3 Å². The van der Waals surface area contributed by atoms with Gasteiger partial charge in [-0.1, -0.05) is 56.3 Å². The maximum absolute atomic E-state index is 13.0. The molecule has 152 valence electrons. The summed E-state index contributed by atoms with van der Waals surface area (Å²) in [6, 6.07) is 17.3. The van der Waals surface area contributed by atoms with Gasteiger partial charge in [-0.3, -0.25) is 0 Å². The molecule has 1 atom stereocenters. The van der Waals surface area contributed by atoms with Crippen molar-refractivity contribution >= 4 is 15.7 Å². The molecule has 0 aromatic heterocycles. The van der Waals surface area contributed by atoms with Gasteiger partial charge in [0.1, 0.15) is 0 Å². The molecule has 2 aromatic rings. The number of rotatable bonds is 8. The lowest BCUT2D eigenvalue weighted by Crippen LogP contribution is -2.34. The molecule has 0 amide bonds. The molecule has 1 aliphatic rings. The van der Waals surface area contributed by atoms with E-state index < -0.39 is 10.0 Å². The van der Waals surface area contributed by atoms with E-state index in [1.165, 1.54) is 0 Å². The summed E-state index contributed by atoms with van der Waals surface area (Å²) in [5.41, 5.74) is 2.85. The predicted octanol–water partition coefficient (Wildman–Crippen LogP) is 3.25. The fraction of sp³-hybridized carbons (Fsp3) is 0.455. The van der Waals surface area contributed by atoms with Crippen LogP contribution in [0.2, 0.25) is 0 Å². The van der Waals surface area contributed by atoms with Crippen molar-refractivity contribution in [2.24, 2.45) is 5.92 Å². The van der Waals surface area contributed by atoms with Crippen molar-refractivity contribution in [3.05, 3.63) is 65.7 Å². The van der Waals surface area contributed by atoms with E-state index in [2.05, 4.69) is 4.90 Å². The Hall–Kier alpha value is -1.89. The standard InChI is InChI=1S/C22H30N2O3S/c1-18(2)14-24(28(26,27)17-20-6-4-3-5-7-20)15-19-8-10-21(11-9-19)23-13-12-22(25)16-23/h3-11,18,22,25H,12-17H2,1-2H3/t22-/m1/s1. The van der Waals surface area contributed by atoms with E-state index in [0.717, 1.165) is 29.8 Å². The third-order valence-electron chi connectivity index (χ3n) is 4.98.